The van der Waals surface area contributed by atoms with Gasteiger partial charge in [0.05, 0.1) is 19.9 Å². The van der Waals surface area contributed by atoms with Crippen LogP contribution in [0, 0.1) is 0 Å². The molecule has 0 N–H and O–H groups in total. The molecule has 0 saturated heterocycles. The number of hydrogen-bond acceptors (Lipinski definition) is 3. The number of alkyl halides is 6. The third kappa shape index (κ3) is 6.55. The molecule has 108 valence electrons. The number of carbonyl (C=O) groups is 1. The second kappa shape index (κ2) is 7.32. The Morgan fingerprint density at radius 1 is 0.944 bits per heavy atom. The lowest BCUT2D eigenvalue weighted by molar-refractivity contribution is -0.284. The van der Waals surface area contributed by atoms with Crippen molar-refractivity contribution < 1.29 is 40.6 Å². The van der Waals surface area contributed by atoms with E-state index in [0.29, 0.717) is 0 Å². The summed E-state index contributed by atoms with van der Waals surface area (Å²) in [6, 6.07) is 0. The van der Waals surface area contributed by atoms with Crippen LogP contribution in [0.4, 0.5) is 31.1 Å². The van der Waals surface area contributed by atoms with Crippen molar-refractivity contribution in [2.75, 3.05) is 19.9 Å². The first-order valence-electron chi connectivity index (χ1n) is 5.01. The van der Waals surface area contributed by atoms with Crippen molar-refractivity contribution in [3.05, 3.63) is 0 Å². The van der Waals surface area contributed by atoms with Gasteiger partial charge in [0, 0.05) is 12.8 Å². The number of carbonyl (C=O) groups excluding carboxylic acids is 1. The van der Waals surface area contributed by atoms with E-state index < -0.39 is 44.4 Å². The van der Waals surface area contributed by atoms with E-state index >= 15 is 0 Å². The average Bonchev–Trinajstić information content (AvgIpc) is 2.23. The zero-order chi connectivity index (χ0) is 14.2. The maximum atomic E-state index is 12.4. The molecule has 0 fully saturated rings. The molecule has 0 radical (unpaired) electrons. The first kappa shape index (κ1) is 16.9. The Balaban J connectivity index is 3.71. The second-order valence-electron chi connectivity index (χ2n) is 3.30. The van der Waals surface area contributed by atoms with Crippen molar-refractivity contribution in [2.24, 2.45) is 0 Å². The van der Waals surface area contributed by atoms with Gasteiger partial charge in [0.1, 0.15) is 0 Å². The van der Waals surface area contributed by atoms with Gasteiger partial charge in [-0.25, -0.2) is 4.79 Å². The summed E-state index contributed by atoms with van der Waals surface area (Å²) < 4.78 is 79.9. The molecule has 0 saturated carbocycles. The van der Waals surface area contributed by atoms with Crippen LogP contribution in [0.3, 0.4) is 0 Å². The van der Waals surface area contributed by atoms with E-state index in [9.17, 15) is 31.1 Å². The smallest absolute Gasteiger partial charge is 0.434 e. The monoisotopic (exact) mass is 282 g/mol. The first-order chi connectivity index (χ1) is 8.20. The summed E-state index contributed by atoms with van der Waals surface area (Å²) in [6.07, 6.45) is -9.02. The van der Waals surface area contributed by atoms with E-state index in [4.69, 9.17) is 0 Å². The van der Waals surface area contributed by atoms with Gasteiger partial charge in [-0.05, 0) is 6.42 Å². The summed E-state index contributed by atoms with van der Waals surface area (Å²) in [7, 11) is 0. The van der Waals surface area contributed by atoms with E-state index in [2.05, 4.69) is 9.47 Å². The summed E-state index contributed by atoms with van der Waals surface area (Å²) in [6.45, 7) is -1.57. The van der Waals surface area contributed by atoms with Crippen LogP contribution in [-0.2, 0) is 9.47 Å². The first-order valence-corrected chi connectivity index (χ1v) is 5.01. The van der Waals surface area contributed by atoms with Gasteiger partial charge in [0.25, 0.3) is 0 Å². The Bertz CT molecular complexity index is 253. The lowest BCUT2D eigenvalue weighted by Gasteiger charge is -2.19. The van der Waals surface area contributed by atoms with Crippen molar-refractivity contribution in [1.82, 2.24) is 0 Å². The maximum Gasteiger partial charge on any atom is 0.508 e. The van der Waals surface area contributed by atoms with Gasteiger partial charge in [-0.3, -0.25) is 4.39 Å². The van der Waals surface area contributed by atoms with E-state index in [0.717, 1.165) is 0 Å². The lowest BCUT2D eigenvalue weighted by Crippen LogP contribution is -2.36. The third-order valence-corrected chi connectivity index (χ3v) is 1.77. The fourth-order valence-corrected chi connectivity index (χ4v) is 0.843. The quantitative estimate of drug-likeness (QED) is 0.407. The van der Waals surface area contributed by atoms with Crippen molar-refractivity contribution >= 4 is 6.16 Å². The normalized spacial score (nSPS) is 12.3. The predicted octanol–water partition coefficient (Wildman–Crippen LogP) is 3.48. The van der Waals surface area contributed by atoms with Gasteiger partial charge in [0.15, 0.2) is 0 Å². The maximum absolute atomic E-state index is 12.4. The molecule has 0 aromatic rings. The van der Waals surface area contributed by atoms with Crippen molar-refractivity contribution in [1.29, 1.82) is 0 Å². The van der Waals surface area contributed by atoms with E-state index in [1.165, 1.54) is 0 Å². The molecule has 0 bridgehead atoms. The molecule has 0 spiro atoms. The van der Waals surface area contributed by atoms with Crippen molar-refractivity contribution in [2.45, 2.75) is 31.4 Å². The Labute approximate surface area is 99.0 Å². The predicted molar refractivity (Wildman–Crippen MR) is 48.1 cm³/mol. The van der Waals surface area contributed by atoms with Gasteiger partial charge < -0.3 is 9.47 Å². The SMILES string of the molecule is O=C(OCCCF)OCCCC(F)(F)C(F)(F)F. The Morgan fingerprint density at radius 2 is 1.44 bits per heavy atom. The molecule has 0 aliphatic carbocycles. The standard InChI is InChI=1S/C9H12F6O3/c10-4-2-6-18-7(16)17-5-1-3-8(11,12)9(13,14)15/h1-6H2. The Kier molecular flexibility index (Phi) is 6.85. The molecule has 9 heteroatoms. The van der Waals surface area contributed by atoms with Crippen LogP contribution in [0.2, 0.25) is 0 Å². The highest BCUT2D eigenvalue weighted by molar-refractivity contribution is 5.59. The number of ether oxygens (including phenoxy) is 2. The van der Waals surface area contributed by atoms with Crippen LogP contribution >= 0.6 is 0 Å². The van der Waals surface area contributed by atoms with Crippen LogP contribution in [0.25, 0.3) is 0 Å². The molecule has 0 atom stereocenters. The number of rotatable bonds is 7. The van der Waals surface area contributed by atoms with Crippen LogP contribution in [0.5, 0.6) is 0 Å². The summed E-state index contributed by atoms with van der Waals surface area (Å²) in [5, 5.41) is 0. The largest absolute Gasteiger partial charge is 0.508 e. The van der Waals surface area contributed by atoms with E-state index in [1.54, 1.807) is 0 Å². The molecule has 0 amide bonds. The summed E-state index contributed by atoms with van der Waals surface area (Å²) in [5.41, 5.74) is 0. The third-order valence-electron chi connectivity index (χ3n) is 1.77. The molecule has 0 unspecified atom stereocenters. The number of halogens is 6. The molecule has 0 rings (SSSR count). The average molecular weight is 282 g/mol. The lowest BCUT2D eigenvalue weighted by atomic mass is 10.2. The van der Waals surface area contributed by atoms with E-state index in [-0.39, 0.29) is 13.0 Å². The zero-order valence-electron chi connectivity index (χ0n) is 9.24. The number of hydrogen-bond donors (Lipinski definition) is 0. The van der Waals surface area contributed by atoms with Crippen LogP contribution in [0.1, 0.15) is 19.3 Å². The highest BCUT2D eigenvalue weighted by Gasteiger charge is 2.56. The van der Waals surface area contributed by atoms with Crippen LogP contribution < -0.4 is 0 Å². The van der Waals surface area contributed by atoms with Gasteiger partial charge in [-0.15, -0.1) is 0 Å². The fourth-order valence-electron chi connectivity index (χ4n) is 0.843. The van der Waals surface area contributed by atoms with Crippen LogP contribution in [-0.4, -0.2) is 38.1 Å². The summed E-state index contributed by atoms with van der Waals surface area (Å²) >= 11 is 0. The minimum atomic E-state index is -5.62. The fraction of sp³-hybridized carbons (Fsp3) is 0.889. The molecule has 0 aliphatic rings. The minimum Gasteiger partial charge on any atom is -0.434 e. The molecule has 3 nitrogen and oxygen atoms in total. The molecular weight excluding hydrogens is 270 g/mol. The van der Waals surface area contributed by atoms with Crippen molar-refractivity contribution in [3.8, 4) is 0 Å². The minimum absolute atomic E-state index is 0.0404. The molecule has 0 aliphatic heterocycles. The molecule has 0 aromatic carbocycles. The zero-order valence-corrected chi connectivity index (χ0v) is 9.24. The topological polar surface area (TPSA) is 35.5 Å². The molecule has 18 heavy (non-hydrogen) atoms. The molecule has 0 aromatic heterocycles. The van der Waals surface area contributed by atoms with Gasteiger partial charge in [0.2, 0.25) is 0 Å². The Morgan fingerprint density at radius 3 is 1.89 bits per heavy atom. The summed E-state index contributed by atoms with van der Waals surface area (Å²) in [5.74, 6) is -4.81. The van der Waals surface area contributed by atoms with Crippen molar-refractivity contribution in [3.63, 3.8) is 0 Å². The van der Waals surface area contributed by atoms with Gasteiger partial charge in [-0.1, -0.05) is 0 Å². The van der Waals surface area contributed by atoms with Gasteiger partial charge >= 0.3 is 18.3 Å². The highest BCUT2D eigenvalue weighted by Crippen LogP contribution is 2.38. The van der Waals surface area contributed by atoms with E-state index in [1.807, 2.05) is 0 Å². The Hall–Kier alpha value is -1.15. The van der Waals surface area contributed by atoms with Gasteiger partial charge in [-0.2, -0.15) is 22.0 Å². The van der Waals surface area contributed by atoms with Crippen LogP contribution in [0.15, 0.2) is 0 Å². The second-order valence-corrected chi connectivity index (χ2v) is 3.30. The highest BCUT2D eigenvalue weighted by atomic mass is 19.4. The summed E-state index contributed by atoms with van der Waals surface area (Å²) in [4.78, 5) is 10.7. The molecular formula is C9H12F6O3. The molecule has 0 heterocycles.